The van der Waals surface area contributed by atoms with Gasteiger partial charge in [0.2, 0.25) is 0 Å². The summed E-state index contributed by atoms with van der Waals surface area (Å²) in [5.74, 6) is 2.00. The molecule has 4 heterocycles. The molecule has 0 radical (unpaired) electrons. The molecule has 1 aromatic carbocycles. The second-order valence-electron chi connectivity index (χ2n) is 6.78. The van der Waals surface area contributed by atoms with Crippen LogP contribution in [0.1, 0.15) is 0 Å². The van der Waals surface area contributed by atoms with Gasteiger partial charge >= 0.3 is 0 Å². The summed E-state index contributed by atoms with van der Waals surface area (Å²) in [5.41, 5.74) is 2.97. The largest absolute Gasteiger partial charge is 0.353 e. The smallest absolute Gasteiger partial charge is 0.154 e. The minimum atomic E-state index is 0.723. The Labute approximate surface area is 168 Å². The summed E-state index contributed by atoms with van der Waals surface area (Å²) >= 11 is 6.01. The van der Waals surface area contributed by atoms with E-state index >= 15 is 0 Å². The van der Waals surface area contributed by atoms with Crippen LogP contribution >= 0.6 is 11.6 Å². The molecule has 140 valence electrons. The van der Waals surface area contributed by atoms with Crippen molar-refractivity contribution in [2.24, 2.45) is 0 Å². The molecule has 4 aromatic rings. The maximum atomic E-state index is 6.01. The highest BCUT2D eigenvalue weighted by Crippen LogP contribution is 2.27. The van der Waals surface area contributed by atoms with Gasteiger partial charge in [-0.2, -0.15) is 5.10 Å². The zero-order chi connectivity index (χ0) is 18.9. The number of hydrogen-bond donors (Lipinski definition) is 0. The number of pyridine rings is 1. The molecule has 1 aliphatic heterocycles. The van der Waals surface area contributed by atoms with Crippen molar-refractivity contribution in [3.05, 3.63) is 72.1 Å². The Bertz CT molecular complexity index is 1090. The Hall–Kier alpha value is -3.12. The quantitative estimate of drug-likeness (QED) is 0.533. The van der Waals surface area contributed by atoms with Crippen molar-refractivity contribution in [2.75, 3.05) is 36.0 Å². The van der Waals surface area contributed by atoms with Gasteiger partial charge in [0.25, 0.3) is 0 Å². The zero-order valence-electron chi connectivity index (χ0n) is 15.2. The van der Waals surface area contributed by atoms with Gasteiger partial charge in [0, 0.05) is 55.4 Å². The van der Waals surface area contributed by atoms with E-state index in [9.17, 15) is 0 Å². The summed E-state index contributed by atoms with van der Waals surface area (Å²) in [4.78, 5) is 13.8. The molecule has 7 heteroatoms. The van der Waals surface area contributed by atoms with Crippen molar-refractivity contribution in [3.8, 4) is 11.3 Å². The van der Waals surface area contributed by atoms with Crippen molar-refractivity contribution in [2.45, 2.75) is 0 Å². The lowest BCUT2D eigenvalue weighted by Crippen LogP contribution is -2.47. The molecule has 0 N–H and O–H groups in total. The highest BCUT2D eigenvalue weighted by molar-refractivity contribution is 6.30. The van der Waals surface area contributed by atoms with Crippen LogP contribution in [0.2, 0.25) is 5.02 Å². The maximum absolute atomic E-state index is 6.01. The van der Waals surface area contributed by atoms with Crippen molar-refractivity contribution in [1.29, 1.82) is 0 Å². The number of benzene rings is 1. The molecule has 1 saturated heterocycles. The van der Waals surface area contributed by atoms with Crippen LogP contribution in [0, 0.1) is 0 Å². The Balaban J connectivity index is 1.41. The van der Waals surface area contributed by atoms with Crippen LogP contribution in [0.25, 0.3) is 16.8 Å². The highest BCUT2D eigenvalue weighted by atomic mass is 35.5. The van der Waals surface area contributed by atoms with Crippen LogP contribution in [-0.2, 0) is 0 Å². The Morgan fingerprint density at radius 1 is 0.821 bits per heavy atom. The molecule has 0 atom stereocenters. The Kier molecular flexibility index (Phi) is 4.33. The van der Waals surface area contributed by atoms with E-state index in [2.05, 4.69) is 31.9 Å². The van der Waals surface area contributed by atoms with Gasteiger partial charge in [-0.05, 0) is 30.3 Å². The third-order valence-corrected chi connectivity index (χ3v) is 5.31. The number of hydrogen-bond acceptors (Lipinski definition) is 5. The van der Waals surface area contributed by atoms with Crippen LogP contribution in [0.15, 0.2) is 67.1 Å². The van der Waals surface area contributed by atoms with Gasteiger partial charge in [0.1, 0.15) is 11.3 Å². The van der Waals surface area contributed by atoms with E-state index in [1.54, 1.807) is 0 Å². The van der Waals surface area contributed by atoms with Crippen LogP contribution in [0.3, 0.4) is 0 Å². The molecule has 0 amide bonds. The molecule has 3 aromatic heterocycles. The van der Waals surface area contributed by atoms with E-state index in [0.29, 0.717) is 0 Å². The van der Waals surface area contributed by atoms with Crippen LogP contribution in [-0.4, -0.2) is 45.8 Å². The Morgan fingerprint density at radius 3 is 2.36 bits per heavy atom. The van der Waals surface area contributed by atoms with E-state index in [1.807, 2.05) is 59.5 Å². The molecule has 0 spiro atoms. The second-order valence-corrected chi connectivity index (χ2v) is 7.22. The molecular formula is C21H19ClN6. The van der Waals surface area contributed by atoms with E-state index in [-0.39, 0.29) is 0 Å². The van der Waals surface area contributed by atoms with Crippen molar-refractivity contribution < 1.29 is 0 Å². The van der Waals surface area contributed by atoms with Gasteiger partial charge in [-0.3, -0.25) is 0 Å². The fourth-order valence-corrected chi connectivity index (χ4v) is 3.73. The first kappa shape index (κ1) is 17.0. The zero-order valence-corrected chi connectivity index (χ0v) is 16.0. The average Bonchev–Trinajstić information content (AvgIpc) is 3.19. The lowest BCUT2D eigenvalue weighted by Gasteiger charge is -2.36. The summed E-state index contributed by atoms with van der Waals surface area (Å²) < 4.78 is 1.90. The molecule has 28 heavy (non-hydrogen) atoms. The first-order valence-corrected chi connectivity index (χ1v) is 9.67. The number of fused-ring (bicyclic) bond motifs is 1. The van der Waals surface area contributed by atoms with Gasteiger partial charge in [0.05, 0.1) is 5.69 Å². The van der Waals surface area contributed by atoms with Gasteiger partial charge in [-0.25, -0.2) is 14.5 Å². The summed E-state index contributed by atoms with van der Waals surface area (Å²) in [7, 11) is 0. The predicted octanol–water partition coefficient (Wildman–Crippen LogP) is 3.77. The summed E-state index contributed by atoms with van der Waals surface area (Å²) in [6, 6.07) is 15.9. The van der Waals surface area contributed by atoms with Crippen molar-refractivity contribution >= 4 is 28.8 Å². The molecule has 5 rings (SSSR count). The van der Waals surface area contributed by atoms with Gasteiger partial charge < -0.3 is 9.80 Å². The number of nitrogens with zero attached hydrogens (tertiary/aromatic N) is 6. The van der Waals surface area contributed by atoms with Gasteiger partial charge in [-0.15, -0.1) is 0 Å². The fraction of sp³-hybridized carbons (Fsp3) is 0.190. The third kappa shape index (κ3) is 3.16. The van der Waals surface area contributed by atoms with Gasteiger partial charge in [-0.1, -0.05) is 29.8 Å². The number of anilines is 2. The molecule has 6 nitrogen and oxygen atoms in total. The standard InChI is InChI=1S/C21H19ClN6/c22-17-6-4-16(5-7-17)18-15-19-21(24-9-10-28(19)25-18)27-13-11-26(12-14-27)20-3-1-2-8-23-20/h1-10,15H,11-14H2. The molecule has 1 aliphatic rings. The molecule has 0 saturated carbocycles. The molecule has 0 unspecified atom stereocenters. The number of halogens is 1. The molecular weight excluding hydrogens is 372 g/mol. The summed E-state index contributed by atoms with van der Waals surface area (Å²) in [5, 5.41) is 5.44. The van der Waals surface area contributed by atoms with E-state index in [1.165, 1.54) is 0 Å². The minimum absolute atomic E-state index is 0.723. The first-order valence-electron chi connectivity index (χ1n) is 9.29. The van der Waals surface area contributed by atoms with Crippen LogP contribution < -0.4 is 9.80 Å². The van der Waals surface area contributed by atoms with Crippen LogP contribution in [0.5, 0.6) is 0 Å². The molecule has 1 fully saturated rings. The van der Waals surface area contributed by atoms with E-state index in [0.717, 1.165) is 59.6 Å². The lowest BCUT2D eigenvalue weighted by molar-refractivity contribution is 0.642. The summed E-state index contributed by atoms with van der Waals surface area (Å²) in [6.07, 6.45) is 5.54. The molecule has 0 aliphatic carbocycles. The van der Waals surface area contributed by atoms with E-state index < -0.39 is 0 Å². The van der Waals surface area contributed by atoms with Crippen molar-refractivity contribution in [1.82, 2.24) is 19.6 Å². The average molecular weight is 391 g/mol. The van der Waals surface area contributed by atoms with Gasteiger partial charge in [0.15, 0.2) is 5.82 Å². The van der Waals surface area contributed by atoms with Crippen molar-refractivity contribution in [3.63, 3.8) is 0 Å². The minimum Gasteiger partial charge on any atom is -0.353 e. The number of rotatable bonds is 3. The Morgan fingerprint density at radius 2 is 1.61 bits per heavy atom. The number of aromatic nitrogens is 4. The first-order chi connectivity index (χ1) is 13.8. The summed E-state index contributed by atoms with van der Waals surface area (Å²) in [6.45, 7) is 3.62. The second kappa shape index (κ2) is 7.13. The predicted molar refractivity (Wildman–Crippen MR) is 112 cm³/mol. The fourth-order valence-electron chi connectivity index (χ4n) is 3.60. The normalized spacial score (nSPS) is 14.6. The number of piperazine rings is 1. The SMILES string of the molecule is Clc1ccc(-c2cc3c(N4CCN(c5ccccn5)CC4)nccn3n2)cc1. The van der Waals surface area contributed by atoms with Crippen LogP contribution in [0.4, 0.5) is 11.6 Å². The molecule has 0 bridgehead atoms. The maximum Gasteiger partial charge on any atom is 0.154 e. The topological polar surface area (TPSA) is 49.6 Å². The monoisotopic (exact) mass is 390 g/mol. The highest BCUT2D eigenvalue weighted by Gasteiger charge is 2.21. The van der Waals surface area contributed by atoms with E-state index in [4.69, 9.17) is 16.7 Å². The lowest BCUT2D eigenvalue weighted by atomic mass is 10.1. The third-order valence-electron chi connectivity index (χ3n) is 5.06.